The van der Waals surface area contributed by atoms with Crippen LogP contribution in [0.2, 0.25) is 0 Å². The van der Waals surface area contributed by atoms with E-state index in [1.165, 1.54) is 0 Å². The Kier molecular flexibility index (Phi) is 4.82. The van der Waals surface area contributed by atoms with E-state index in [1.54, 1.807) is 0 Å². The molecule has 100 valence electrons. The van der Waals surface area contributed by atoms with Crippen molar-refractivity contribution in [2.75, 3.05) is 6.61 Å². The normalized spacial score (nSPS) is 10.3. The van der Waals surface area contributed by atoms with E-state index < -0.39 is 0 Å². The second-order valence-corrected chi connectivity index (χ2v) is 4.82. The molecule has 2 rings (SSSR count). The summed E-state index contributed by atoms with van der Waals surface area (Å²) in [7, 11) is 0. The fraction of sp³-hybridized carbons (Fsp3) is 0.200. The van der Waals surface area contributed by atoms with Crippen LogP contribution in [0.5, 0.6) is 17.2 Å². The van der Waals surface area contributed by atoms with Gasteiger partial charge in [0.05, 0.1) is 6.61 Å². The Bertz CT molecular complexity index is 558. The SMILES string of the molecule is CCOc1cccc(Oc2ccc(CN)c(Br)c2)c1. The molecule has 0 atom stereocenters. The first-order valence-electron chi connectivity index (χ1n) is 6.12. The largest absolute Gasteiger partial charge is 0.494 e. The van der Waals surface area contributed by atoms with E-state index in [4.69, 9.17) is 15.2 Å². The molecular formula is C15H16BrNO2. The van der Waals surface area contributed by atoms with Crippen molar-refractivity contribution >= 4 is 15.9 Å². The van der Waals surface area contributed by atoms with Gasteiger partial charge in [0.25, 0.3) is 0 Å². The summed E-state index contributed by atoms with van der Waals surface area (Å²) < 4.78 is 12.2. The summed E-state index contributed by atoms with van der Waals surface area (Å²) in [5.74, 6) is 2.31. The van der Waals surface area contributed by atoms with E-state index in [9.17, 15) is 0 Å². The molecule has 0 unspecified atom stereocenters. The van der Waals surface area contributed by atoms with E-state index in [0.29, 0.717) is 13.2 Å². The molecule has 19 heavy (non-hydrogen) atoms. The van der Waals surface area contributed by atoms with Crippen LogP contribution in [0, 0.1) is 0 Å². The predicted octanol–water partition coefficient (Wildman–Crippen LogP) is 4.10. The lowest BCUT2D eigenvalue weighted by Crippen LogP contribution is -1.97. The zero-order valence-corrected chi connectivity index (χ0v) is 12.3. The lowest BCUT2D eigenvalue weighted by molar-refractivity contribution is 0.338. The van der Waals surface area contributed by atoms with Gasteiger partial charge in [0.1, 0.15) is 17.2 Å². The van der Waals surface area contributed by atoms with Gasteiger partial charge in [-0.15, -0.1) is 0 Å². The second-order valence-electron chi connectivity index (χ2n) is 3.97. The summed E-state index contributed by atoms with van der Waals surface area (Å²) in [6.45, 7) is 3.09. The van der Waals surface area contributed by atoms with Crippen molar-refractivity contribution in [2.45, 2.75) is 13.5 Å². The monoisotopic (exact) mass is 321 g/mol. The number of hydrogen-bond donors (Lipinski definition) is 1. The molecule has 2 aromatic carbocycles. The Morgan fingerprint density at radius 2 is 1.79 bits per heavy atom. The average molecular weight is 322 g/mol. The number of ether oxygens (including phenoxy) is 2. The van der Waals surface area contributed by atoms with Gasteiger partial charge in [0, 0.05) is 17.1 Å². The molecule has 0 heterocycles. The molecule has 0 radical (unpaired) electrons. The maximum absolute atomic E-state index is 5.79. The van der Waals surface area contributed by atoms with Gasteiger partial charge in [-0.1, -0.05) is 28.1 Å². The van der Waals surface area contributed by atoms with E-state index in [1.807, 2.05) is 49.4 Å². The molecular weight excluding hydrogens is 306 g/mol. The Morgan fingerprint density at radius 3 is 2.47 bits per heavy atom. The summed E-state index contributed by atoms with van der Waals surface area (Å²) >= 11 is 3.48. The molecule has 0 bridgehead atoms. The van der Waals surface area contributed by atoms with Crippen LogP contribution in [0.4, 0.5) is 0 Å². The molecule has 0 aromatic heterocycles. The number of benzene rings is 2. The average Bonchev–Trinajstić information content (AvgIpc) is 2.40. The molecule has 3 nitrogen and oxygen atoms in total. The molecule has 0 aliphatic carbocycles. The van der Waals surface area contributed by atoms with E-state index >= 15 is 0 Å². The van der Waals surface area contributed by atoms with Gasteiger partial charge in [0.15, 0.2) is 0 Å². The van der Waals surface area contributed by atoms with Crippen LogP contribution in [-0.4, -0.2) is 6.61 Å². The Hall–Kier alpha value is -1.52. The number of halogens is 1. The summed E-state index contributed by atoms with van der Waals surface area (Å²) in [6, 6.07) is 13.3. The third kappa shape index (κ3) is 3.72. The van der Waals surface area contributed by atoms with Crippen LogP contribution in [-0.2, 0) is 6.54 Å². The summed E-state index contributed by atoms with van der Waals surface area (Å²) in [5, 5.41) is 0. The molecule has 0 spiro atoms. The number of rotatable bonds is 5. The van der Waals surface area contributed by atoms with E-state index in [2.05, 4.69) is 15.9 Å². The van der Waals surface area contributed by atoms with Gasteiger partial charge in [-0.2, -0.15) is 0 Å². The van der Waals surface area contributed by atoms with Crippen LogP contribution in [0.3, 0.4) is 0 Å². The Balaban J connectivity index is 2.16. The molecule has 2 N–H and O–H groups in total. The van der Waals surface area contributed by atoms with E-state index in [-0.39, 0.29) is 0 Å². The van der Waals surface area contributed by atoms with Crippen molar-refractivity contribution in [1.29, 1.82) is 0 Å². The van der Waals surface area contributed by atoms with E-state index in [0.717, 1.165) is 27.3 Å². The Morgan fingerprint density at radius 1 is 1.05 bits per heavy atom. The molecule has 0 saturated heterocycles. The van der Waals surface area contributed by atoms with Crippen molar-refractivity contribution in [2.24, 2.45) is 5.73 Å². The minimum Gasteiger partial charge on any atom is -0.494 e. The first kappa shape index (κ1) is 13.9. The van der Waals surface area contributed by atoms with Crippen LogP contribution in [0.15, 0.2) is 46.9 Å². The maximum atomic E-state index is 5.79. The van der Waals surface area contributed by atoms with Crippen LogP contribution in [0.1, 0.15) is 12.5 Å². The number of nitrogens with two attached hydrogens (primary N) is 1. The highest BCUT2D eigenvalue weighted by molar-refractivity contribution is 9.10. The van der Waals surface area contributed by atoms with Gasteiger partial charge in [-0.25, -0.2) is 0 Å². The molecule has 4 heteroatoms. The highest BCUT2D eigenvalue weighted by atomic mass is 79.9. The summed E-state index contributed by atoms with van der Waals surface area (Å²) in [6.07, 6.45) is 0. The molecule has 0 fully saturated rings. The van der Waals surface area contributed by atoms with Gasteiger partial charge < -0.3 is 15.2 Å². The van der Waals surface area contributed by atoms with Crippen LogP contribution >= 0.6 is 15.9 Å². The van der Waals surface area contributed by atoms with Gasteiger partial charge in [-0.3, -0.25) is 0 Å². The van der Waals surface area contributed by atoms with Crippen LogP contribution in [0.25, 0.3) is 0 Å². The first-order valence-corrected chi connectivity index (χ1v) is 6.91. The minimum atomic E-state index is 0.501. The van der Waals surface area contributed by atoms with Crippen LogP contribution < -0.4 is 15.2 Å². The second kappa shape index (κ2) is 6.59. The standard InChI is InChI=1S/C15H16BrNO2/c1-2-18-12-4-3-5-13(8-12)19-14-7-6-11(10-17)15(16)9-14/h3-9H,2,10,17H2,1H3. The fourth-order valence-corrected chi connectivity index (χ4v) is 2.21. The van der Waals surface area contributed by atoms with Crippen molar-refractivity contribution in [1.82, 2.24) is 0 Å². The maximum Gasteiger partial charge on any atom is 0.131 e. The molecule has 0 amide bonds. The molecule has 0 aliphatic heterocycles. The fourth-order valence-electron chi connectivity index (χ4n) is 1.69. The molecule has 0 aliphatic rings. The lowest BCUT2D eigenvalue weighted by Gasteiger charge is -2.09. The highest BCUT2D eigenvalue weighted by Crippen LogP contribution is 2.28. The third-order valence-electron chi connectivity index (χ3n) is 2.60. The quantitative estimate of drug-likeness (QED) is 0.901. The Labute approximate surface area is 121 Å². The summed E-state index contributed by atoms with van der Waals surface area (Å²) in [4.78, 5) is 0. The predicted molar refractivity (Wildman–Crippen MR) is 79.7 cm³/mol. The topological polar surface area (TPSA) is 44.5 Å². The minimum absolute atomic E-state index is 0.501. The van der Waals surface area contributed by atoms with Gasteiger partial charge in [0.2, 0.25) is 0 Å². The highest BCUT2D eigenvalue weighted by Gasteiger charge is 2.03. The lowest BCUT2D eigenvalue weighted by atomic mass is 10.2. The first-order chi connectivity index (χ1) is 9.22. The van der Waals surface area contributed by atoms with Gasteiger partial charge >= 0.3 is 0 Å². The van der Waals surface area contributed by atoms with Crippen molar-refractivity contribution < 1.29 is 9.47 Å². The zero-order valence-electron chi connectivity index (χ0n) is 10.7. The zero-order chi connectivity index (χ0) is 13.7. The number of hydrogen-bond acceptors (Lipinski definition) is 3. The molecule has 2 aromatic rings. The molecule has 0 saturated carbocycles. The van der Waals surface area contributed by atoms with Crippen molar-refractivity contribution in [3.63, 3.8) is 0 Å². The summed E-state index contributed by atoms with van der Waals surface area (Å²) in [5.41, 5.74) is 6.67. The smallest absolute Gasteiger partial charge is 0.131 e. The van der Waals surface area contributed by atoms with Gasteiger partial charge in [-0.05, 0) is 36.8 Å². The van der Waals surface area contributed by atoms with Crippen molar-refractivity contribution in [3.05, 3.63) is 52.5 Å². The third-order valence-corrected chi connectivity index (χ3v) is 3.33. The van der Waals surface area contributed by atoms with Crippen molar-refractivity contribution in [3.8, 4) is 17.2 Å².